The van der Waals surface area contributed by atoms with Crippen molar-refractivity contribution >= 4 is 54.1 Å². The molecule has 1 aliphatic carbocycles. The van der Waals surface area contributed by atoms with Crippen molar-refractivity contribution in [2.75, 3.05) is 0 Å². The summed E-state index contributed by atoms with van der Waals surface area (Å²) in [7, 11) is 0. The summed E-state index contributed by atoms with van der Waals surface area (Å²) in [5, 5.41) is 10.2. The van der Waals surface area contributed by atoms with Gasteiger partial charge in [0.15, 0.2) is 0 Å². The number of benzene rings is 9. The van der Waals surface area contributed by atoms with E-state index in [9.17, 15) is 0 Å². The fraction of sp³-hybridized carbons (Fsp3) is 0.0536. The van der Waals surface area contributed by atoms with Crippen LogP contribution in [0.1, 0.15) is 25.0 Å². The van der Waals surface area contributed by atoms with E-state index in [1.807, 2.05) is 0 Å². The molecule has 2 heterocycles. The number of hydrogen-bond donors (Lipinski definition) is 0. The van der Waals surface area contributed by atoms with Gasteiger partial charge in [-0.25, -0.2) is 4.98 Å². The summed E-state index contributed by atoms with van der Waals surface area (Å²) in [6.45, 7) is 4.75. The van der Waals surface area contributed by atoms with E-state index in [1.165, 1.54) is 81.9 Å². The largest absolute Gasteiger partial charge is 0.309 e. The number of nitrogens with zero attached hydrogens (tertiary/aromatic N) is 2. The van der Waals surface area contributed by atoms with Gasteiger partial charge in [0.2, 0.25) is 0 Å². The number of aromatic nitrogens is 2. The molecule has 9 aromatic carbocycles. The van der Waals surface area contributed by atoms with Gasteiger partial charge in [0.05, 0.1) is 22.4 Å². The van der Waals surface area contributed by atoms with E-state index in [0.717, 1.165) is 33.8 Å². The smallest absolute Gasteiger partial charge is 0.0716 e. The molecule has 0 fully saturated rings. The van der Waals surface area contributed by atoms with Gasteiger partial charge in [-0.05, 0) is 114 Å². The van der Waals surface area contributed by atoms with Crippen molar-refractivity contribution in [3.63, 3.8) is 0 Å². The molecule has 0 aliphatic heterocycles. The van der Waals surface area contributed by atoms with Crippen LogP contribution in [0.15, 0.2) is 194 Å². The fourth-order valence-corrected chi connectivity index (χ4v) is 9.92. The Kier molecular flexibility index (Phi) is 7.01. The second-order valence-electron chi connectivity index (χ2n) is 16.3. The third-order valence-corrected chi connectivity index (χ3v) is 12.7. The topological polar surface area (TPSA) is 17.8 Å². The molecule has 0 N–H and O–H groups in total. The molecule has 0 unspecified atom stereocenters. The highest BCUT2D eigenvalue weighted by Gasteiger charge is 2.36. The summed E-state index contributed by atoms with van der Waals surface area (Å²) >= 11 is 0. The molecule has 0 saturated heterocycles. The highest BCUT2D eigenvalue weighted by Crippen LogP contribution is 2.51. The monoisotopic (exact) mass is 738 g/mol. The van der Waals surface area contributed by atoms with Gasteiger partial charge in [0.25, 0.3) is 0 Å². The molecule has 0 bridgehead atoms. The minimum absolute atomic E-state index is 0.129. The van der Waals surface area contributed by atoms with Crippen LogP contribution in [0.5, 0.6) is 0 Å². The molecular weight excluding hydrogens is 701 g/mol. The van der Waals surface area contributed by atoms with E-state index in [0.29, 0.717) is 0 Å². The molecule has 0 saturated carbocycles. The average molecular weight is 739 g/mol. The number of pyridine rings is 1. The van der Waals surface area contributed by atoms with Gasteiger partial charge < -0.3 is 4.57 Å². The third kappa shape index (κ3) is 4.82. The van der Waals surface area contributed by atoms with Crippen molar-refractivity contribution in [2.45, 2.75) is 19.3 Å². The zero-order valence-corrected chi connectivity index (χ0v) is 32.4. The number of fused-ring (bicyclic) bond motifs is 12. The molecule has 12 rings (SSSR count). The standard InChI is InChI=1S/C56H38N2/c1-56(2)50-27-14-13-26-44(50)47-32-49-48-31-45-42-24-11-9-22-40(42)41-23-10-12-25-43(41)46(45)33-54(48)58(55(49)34-51(47)56)39-21-15-20-37(28-39)53-30-38(35-16-5-3-6-17-35)29-52(57-53)36-18-7-4-8-19-36/h3-34H,1-2H3. The summed E-state index contributed by atoms with van der Waals surface area (Å²) in [6.07, 6.45) is 0. The van der Waals surface area contributed by atoms with E-state index < -0.39 is 0 Å². The Hall–Kier alpha value is -7.29. The Morgan fingerprint density at radius 1 is 0.345 bits per heavy atom. The highest BCUT2D eigenvalue weighted by molar-refractivity contribution is 6.29. The van der Waals surface area contributed by atoms with Crippen LogP contribution < -0.4 is 0 Å². The second-order valence-corrected chi connectivity index (χ2v) is 16.3. The lowest BCUT2D eigenvalue weighted by molar-refractivity contribution is 0.661. The Morgan fingerprint density at radius 3 is 1.59 bits per heavy atom. The first kappa shape index (κ1) is 32.9. The second kappa shape index (κ2) is 12.4. The summed E-state index contributed by atoms with van der Waals surface area (Å²) in [5.41, 5.74) is 15.2. The van der Waals surface area contributed by atoms with Crippen LogP contribution in [-0.2, 0) is 5.41 Å². The van der Waals surface area contributed by atoms with Gasteiger partial charge in [0, 0.05) is 33.0 Å². The van der Waals surface area contributed by atoms with Gasteiger partial charge in [-0.15, -0.1) is 0 Å². The molecule has 11 aromatic rings. The maximum atomic E-state index is 5.33. The Labute approximate surface area is 337 Å². The van der Waals surface area contributed by atoms with E-state index in [-0.39, 0.29) is 5.41 Å². The molecule has 1 aliphatic rings. The minimum Gasteiger partial charge on any atom is -0.309 e. The van der Waals surface area contributed by atoms with Crippen molar-refractivity contribution < 1.29 is 0 Å². The summed E-state index contributed by atoms with van der Waals surface area (Å²) in [6, 6.07) is 71.2. The van der Waals surface area contributed by atoms with Gasteiger partial charge in [0.1, 0.15) is 0 Å². The molecule has 0 spiro atoms. The minimum atomic E-state index is -0.129. The Bertz CT molecular complexity index is 3410. The first-order chi connectivity index (χ1) is 28.5. The van der Waals surface area contributed by atoms with Crippen LogP contribution >= 0.6 is 0 Å². The molecule has 2 heteroatoms. The lowest BCUT2D eigenvalue weighted by atomic mass is 9.82. The van der Waals surface area contributed by atoms with Crippen LogP contribution in [0.25, 0.3) is 105 Å². The summed E-state index contributed by atoms with van der Waals surface area (Å²) < 4.78 is 2.51. The molecular formula is C56H38N2. The zero-order valence-electron chi connectivity index (χ0n) is 32.4. The van der Waals surface area contributed by atoms with E-state index in [4.69, 9.17) is 4.98 Å². The quantitative estimate of drug-likeness (QED) is 0.164. The summed E-state index contributed by atoms with van der Waals surface area (Å²) in [5.74, 6) is 0. The van der Waals surface area contributed by atoms with Gasteiger partial charge in [-0.2, -0.15) is 0 Å². The molecule has 0 amide bonds. The Balaban J connectivity index is 1.16. The normalized spacial score (nSPS) is 13.1. The molecule has 2 aromatic heterocycles. The Morgan fingerprint density at radius 2 is 0.879 bits per heavy atom. The average Bonchev–Trinajstić information content (AvgIpc) is 3.72. The predicted octanol–water partition coefficient (Wildman–Crippen LogP) is 14.9. The van der Waals surface area contributed by atoms with Gasteiger partial charge in [-0.3, -0.25) is 0 Å². The first-order valence-electron chi connectivity index (χ1n) is 20.2. The maximum Gasteiger partial charge on any atom is 0.0716 e. The van der Waals surface area contributed by atoms with Crippen LogP contribution in [-0.4, -0.2) is 9.55 Å². The zero-order chi connectivity index (χ0) is 38.5. The van der Waals surface area contributed by atoms with Crippen molar-refractivity contribution in [3.8, 4) is 50.5 Å². The van der Waals surface area contributed by atoms with Crippen molar-refractivity contribution in [2.24, 2.45) is 0 Å². The van der Waals surface area contributed by atoms with Crippen LogP contribution in [0.3, 0.4) is 0 Å². The number of hydrogen-bond acceptors (Lipinski definition) is 1. The van der Waals surface area contributed by atoms with Crippen molar-refractivity contribution in [3.05, 3.63) is 205 Å². The predicted molar refractivity (Wildman–Crippen MR) is 245 cm³/mol. The third-order valence-electron chi connectivity index (χ3n) is 12.7. The van der Waals surface area contributed by atoms with Crippen LogP contribution in [0.2, 0.25) is 0 Å². The lowest BCUT2D eigenvalue weighted by Gasteiger charge is -2.21. The fourth-order valence-electron chi connectivity index (χ4n) is 9.92. The SMILES string of the molecule is CC1(C)c2ccccc2-c2cc3c4cc5c6ccccc6c6ccccc6c5cc4n(-c4cccc(-c5cc(-c6ccccc6)cc(-c6ccccc6)n5)c4)c3cc21. The molecule has 2 nitrogen and oxygen atoms in total. The summed E-state index contributed by atoms with van der Waals surface area (Å²) in [4.78, 5) is 5.33. The van der Waals surface area contributed by atoms with Crippen molar-refractivity contribution in [1.29, 1.82) is 0 Å². The van der Waals surface area contributed by atoms with E-state index >= 15 is 0 Å². The lowest BCUT2D eigenvalue weighted by Crippen LogP contribution is -2.14. The van der Waals surface area contributed by atoms with Gasteiger partial charge in [-0.1, -0.05) is 159 Å². The van der Waals surface area contributed by atoms with Crippen LogP contribution in [0.4, 0.5) is 0 Å². The van der Waals surface area contributed by atoms with E-state index in [1.54, 1.807) is 0 Å². The molecule has 0 radical (unpaired) electrons. The van der Waals surface area contributed by atoms with Crippen LogP contribution in [0, 0.1) is 0 Å². The molecule has 0 atom stereocenters. The number of rotatable bonds is 4. The van der Waals surface area contributed by atoms with Gasteiger partial charge >= 0.3 is 0 Å². The highest BCUT2D eigenvalue weighted by atomic mass is 15.0. The van der Waals surface area contributed by atoms with E-state index in [2.05, 4.69) is 213 Å². The molecule has 272 valence electrons. The molecule has 58 heavy (non-hydrogen) atoms. The maximum absolute atomic E-state index is 5.33. The first-order valence-corrected chi connectivity index (χ1v) is 20.2. The van der Waals surface area contributed by atoms with Crippen molar-refractivity contribution in [1.82, 2.24) is 9.55 Å².